The highest BCUT2D eigenvalue weighted by molar-refractivity contribution is 6.09. The summed E-state index contributed by atoms with van der Waals surface area (Å²) in [6, 6.07) is 16.1. The van der Waals surface area contributed by atoms with E-state index in [0.29, 0.717) is 0 Å². The van der Waals surface area contributed by atoms with Gasteiger partial charge >= 0.3 is 0 Å². The highest BCUT2D eigenvalue weighted by Gasteiger charge is 2.13. The maximum atomic E-state index is 2.36. The van der Waals surface area contributed by atoms with Crippen LogP contribution in [-0.4, -0.2) is 0 Å². The molecule has 0 radical (unpaired) electrons. The van der Waals surface area contributed by atoms with Crippen LogP contribution in [0.25, 0.3) is 21.5 Å². The predicted molar refractivity (Wildman–Crippen MR) is 82.8 cm³/mol. The molecule has 0 saturated carbocycles. The zero-order chi connectivity index (χ0) is 12.8. The summed E-state index contributed by atoms with van der Waals surface area (Å²) in [7, 11) is 0. The Bertz CT molecular complexity index is 781. The van der Waals surface area contributed by atoms with E-state index in [-0.39, 0.29) is 0 Å². The van der Waals surface area contributed by atoms with Crippen molar-refractivity contribution in [2.24, 2.45) is 0 Å². The van der Waals surface area contributed by atoms with Gasteiger partial charge < -0.3 is 0 Å². The highest BCUT2D eigenvalue weighted by atomic mass is 14.2. The van der Waals surface area contributed by atoms with Gasteiger partial charge in [0.2, 0.25) is 0 Å². The Kier molecular flexibility index (Phi) is 2.38. The van der Waals surface area contributed by atoms with Crippen molar-refractivity contribution in [3.63, 3.8) is 0 Å². The van der Waals surface area contributed by atoms with Crippen molar-refractivity contribution in [1.82, 2.24) is 0 Å². The lowest BCUT2D eigenvalue weighted by atomic mass is 9.86. The first-order chi connectivity index (χ1) is 9.33. The molecule has 0 amide bonds. The molecule has 0 heteroatoms. The van der Waals surface area contributed by atoms with Gasteiger partial charge in [0.05, 0.1) is 0 Å². The quantitative estimate of drug-likeness (QED) is 0.479. The molecule has 0 spiro atoms. The fourth-order valence-electron chi connectivity index (χ4n) is 3.50. The lowest BCUT2D eigenvalue weighted by Crippen LogP contribution is -2.03. The topological polar surface area (TPSA) is 0 Å². The molecule has 0 N–H and O–H groups in total. The molecule has 1 aliphatic carbocycles. The summed E-state index contributed by atoms with van der Waals surface area (Å²) < 4.78 is 0. The third-order valence-electron chi connectivity index (χ3n) is 4.51. The molecule has 3 aromatic carbocycles. The smallest absolute Gasteiger partial charge is 0.0102 e. The molecule has 3 aromatic rings. The zero-order valence-electron chi connectivity index (χ0n) is 11.4. The molecular weight excluding hydrogens is 228 g/mol. The van der Waals surface area contributed by atoms with Crippen molar-refractivity contribution >= 4 is 21.5 Å². The van der Waals surface area contributed by atoms with Gasteiger partial charge in [0.25, 0.3) is 0 Å². The summed E-state index contributed by atoms with van der Waals surface area (Å²) in [4.78, 5) is 0. The van der Waals surface area contributed by atoms with Gasteiger partial charge in [-0.3, -0.25) is 0 Å². The average Bonchev–Trinajstić information content (AvgIpc) is 2.46. The van der Waals surface area contributed by atoms with Crippen LogP contribution in [0.15, 0.2) is 42.5 Å². The van der Waals surface area contributed by atoms with Gasteiger partial charge in [0, 0.05) is 0 Å². The second-order valence-electron chi connectivity index (χ2n) is 5.80. The average molecular weight is 246 g/mol. The molecule has 94 valence electrons. The summed E-state index contributed by atoms with van der Waals surface area (Å²) in [6.45, 7) is 2.18. The van der Waals surface area contributed by atoms with Crippen LogP contribution >= 0.6 is 0 Å². The molecule has 0 saturated heterocycles. The van der Waals surface area contributed by atoms with E-state index in [0.717, 1.165) is 0 Å². The van der Waals surface area contributed by atoms with Gasteiger partial charge in [-0.1, -0.05) is 48.0 Å². The molecule has 0 aromatic heterocycles. The van der Waals surface area contributed by atoms with Crippen molar-refractivity contribution in [2.45, 2.75) is 32.6 Å². The van der Waals surface area contributed by atoms with Gasteiger partial charge in [0.15, 0.2) is 0 Å². The normalized spacial score (nSPS) is 14.8. The maximum Gasteiger partial charge on any atom is -0.0102 e. The first kappa shape index (κ1) is 11.0. The molecule has 0 atom stereocenters. The van der Waals surface area contributed by atoms with E-state index in [4.69, 9.17) is 0 Å². The molecule has 19 heavy (non-hydrogen) atoms. The van der Waals surface area contributed by atoms with Gasteiger partial charge in [-0.05, 0) is 65.3 Å². The lowest BCUT2D eigenvalue weighted by molar-refractivity contribution is 0.690. The third kappa shape index (κ3) is 1.67. The van der Waals surface area contributed by atoms with Crippen LogP contribution < -0.4 is 0 Å². The van der Waals surface area contributed by atoms with E-state index in [1.807, 2.05) is 0 Å². The van der Waals surface area contributed by atoms with E-state index in [2.05, 4.69) is 49.4 Å². The van der Waals surface area contributed by atoms with E-state index in [1.54, 1.807) is 11.1 Å². The van der Waals surface area contributed by atoms with Gasteiger partial charge in [0.1, 0.15) is 0 Å². The van der Waals surface area contributed by atoms with Crippen LogP contribution in [0.1, 0.15) is 29.5 Å². The fraction of sp³-hybridized carbons (Fsp3) is 0.263. The van der Waals surface area contributed by atoms with Crippen molar-refractivity contribution < 1.29 is 0 Å². The van der Waals surface area contributed by atoms with Gasteiger partial charge in [-0.2, -0.15) is 0 Å². The van der Waals surface area contributed by atoms with Gasteiger partial charge in [-0.25, -0.2) is 0 Å². The second kappa shape index (κ2) is 4.09. The zero-order valence-corrected chi connectivity index (χ0v) is 11.4. The minimum absolute atomic E-state index is 1.25. The molecule has 0 fully saturated rings. The Morgan fingerprint density at radius 3 is 2.47 bits per heavy atom. The van der Waals surface area contributed by atoms with E-state index in [1.165, 1.54) is 52.8 Å². The first-order valence-electron chi connectivity index (χ1n) is 7.27. The highest BCUT2D eigenvalue weighted by Crippen LogP contribution is 2.33. The summed E-state index contributed by atoms with van der Waals surface area (Å²) in [6.07, 6.45) is 5.21. The van der Waals surface area contributed by atoms with E-state index >= 15 is 0 Å². The summed E-state index contributed by atoms with van der Waals surface area (Å²) in [5.41, 5.74) is 4.52. The molecule has 0 heterocycles. The second-order valence-corrected chi connectivity index (χ2v) is 5.80. The minimum atomic E-state index is 1.25. The number of fused-ring (bicyclic) bond motifs is 5. The van der Waals surface area contributed by atoms with Crippen molar-refractivity contribution in [1.29, 1.82) is 0 Å². The van der Waals surface area contributed by atoms with Crippen molar-refractivity contribution in [2.75, 3.05) is 0 Å². The number of aryl methyl sites for hydroxylation is 3. The predicted octanol–water partition coefficient (Wildman–Crippen LogP) is 5.18. The number of benzene rings is 3. The number of hydrogen-bond acceptors (Lipinski definition) is 0. The van der Waals surface area contributed by atoms with E-state index < -0.39 is 0 Å². The lowest BCUT2D eigenvalue weighted by Gasteiger charge is -2.18. The van der Waals surface area contributed by atoms with Crippen molar-refractivity contribution in [3.8, 4) is 0 Å². The number of rotatable bonds is 0. The molecule has 0 bridgehead atoms. The summed E-state index contributed by atoms with van der Waals surface area (Å²) >= 11 is 0. The molecule has 0 nitrogen and oxygen atoms in total. The maximum absolute atomic E-state index is 2.36. The summed E-state index contributed by atoms with van der Waals surface area (Å²) in [5, 5.41) is 5.68. The van der Waals surface area contributed by atoms with Crippen LogP contribution in [0.3, 0.4) is 0 Å². The van der Waals surface area contributed by atoms with E-state index in [9.17, 15) is 0 Å². The summed E-state index contributed by atoms with van der Waals surface area (Å²) in [5.74, 6) is 0. The Labute approximate surface area is 114 Å². The van der Waals surface area contributed by atoms with Crippen LogP contribution in [0.5, 0.6) is 0 Å². The standard InChI is InChI=1S/C19H18/c1-13-6-7-15-9-10-17-16-5-3-2-4-14(16)8-11-18(17)19(15)12-13/h6-12H,2-5H2,1H3. The van der Waals surface area contributed by atoms with Crippen LogP contribution in [0.4, 0.5) is 0 Å². The minimum Gasteiger partial charge on any atom is -0.0587 e. The molecule has 0 unspecified atom stereocenters. The Balaban J connectivity index is 2.14. The Hall–Kier alpha value is -1.82. The fourth-order valence-corrected chi connectivity index (χ4v) is 3.50. The SMILES string of the molecule is Cc1ccc2ccc3c4c(ccc3c2c1)CCCC4. The molecule has 0 aliphatic heterocycles. The monoisotopic (exact) mass is 246 g/mol. The third-order valence-corrected chi connectivity index (χ3v) is 4.51. The molecule has 1 aliphatic rings. The van der Waals surface area contributed by atoms with Crippen LogP contribution in [0.2, 0.25) is 0 Å². The van der Waals surface area contributed by atoms with Crippen LogP contribution in [-0.2, 0) is 12.8 Å². The largest absolute Gasteiger partial charge is 0.0587 e. The molecular formula is C19H18. The molecule has 4 rings (SSSR count). The Morgan fingerprint density at radius 2 is 1.53 bits per heavy atom. The van der Waals surface area contributed by atoms with Crippen molar-refractivity contribution in [3.05, 3.63) is 59.2 Å². The Morgan fingerprint density at radius 1 is 0.737 bits per heavy atom. The van der Waals surface area contributed by atoms with Gasteiger partial charge in [-0.15, -0.1) is 0 Å². The van der Waals surface area contributed by atoms with Crippen LogP contribution in [0, 0.1) is 6.92 Å². The number of hydrogen-bond donors (Lipinski definition) is 0. The first-order valence-corrected chi connectivity index (χ1v) is 7.27.